The minimum absolute atomic E-state index is 0.0243. The van der Waals surface area contributed by atoms with Crippen molar-refractivity contribution in [1.29, 1.82) is 0 Å². The van der Waals surface area contributed by atoms with E-state index >= 15 is 0 Å². The van der Waals surface area contributed by atoms with Crippen LogP contribution in [0.4, 0.5) is 0 Å². The summed E-state index contributed by atoms with van der Waals surface area (Å²) in [6.07, 6.45) is 3.62. The predicted octanol–water partition coefficient (Wildman–Crippen LogP) is -0.351. The van der Waals surface area contributed by atoms with Gasteiger partial charge in [0.15, 0.2) is 0 Å². The van der Waals surface area contributed by atoms with Crippen molar-refractivity contribution in [2.75, 3.05) is 6.54 Å². The third kappa shape index (κ3) is 5.08. The molecule has 0 unspecified atom stereocenters. The number of nitrogens with zero attached hydrogens (tertiary/aromatic N) is 3. The molecule has 7 heteroatoms. The number of aliphatic carboxylic acids is 1. The number of carbonyl (C=O) groups is 2. The number of hydrogen-bond acceptors (Lipinski definition) is 4. The van der Waals surface area contributed by atoms with Crippen LogP contribution in [0.25, 0.3) is 0 Å². The van der Waals surface area contributed by atoms with Gasteiger partial charge in [-0.15, -0.1) is 0 Å². The summed E-state index contributed by atoms with van der Waals surface area (Å²) in [4.78, 5) is 25.2. The lowest BCUT2D eigenvalue weighted by molar-refractivity contribution is -0.137. The molecule has 0 fully saturated rings. The van der Waals surface area contributed by atoms with Gasteiger partial charge in [0.1, 0.15) is 12.7 Å². The Balaban J connectivity index is 2.04. The van der Waals surface area contributed by atoms with Crippen molar-refractivity contribution in [2.24, 2.45) is 0 Å². The van der Waals surface area contributed by atoms with Gasteiger partial charge in [0.25, 0.3) is 0 Å². The number of aromatic nitrogens is 3. The average molecular weight is 226 g/mol. The largest absolute Gasteiger partial charge is 0.481 e. The predicted molar refractivity (Wildman–Crippen MR) is 54.5 cm³/mol. The number of carboxylic acids is 1. The van der Waals surface area contributed by atoms with E-state index in [0.29, 0.717) is 19.5 Å². The van der Waals surface area contributed by atoms with Crippen molar-refractivity contribution < 1.29 is 14.7 Å². The molecular weight excluding hydrogens is 212 g/mol. The Morgan fingerprint density at radius 1 is 1.38 bits per heavy atom. The van der Waals surface area contributed by atoms with Crippen LogP contribution >= 0.6 is 0 Å². The molecule has 1 aromatic heterocycles. The van der Waals surface area contributed by atoms with E-state index in [1.807, 2.05) is 0 Å². The number of amides is 1. The van der Waals surface area contributed by atoms with Gasteiger partial charge in [0.2, 0.25) is 5.91 Å². The second-order valence-electron chi connectivity index (χ2n) is 3.26. The van der Waals surface area contributed by atoms with Gasteiger partial charge in [0.05, 0.1) is 6.54 Å². The van der Waals surface area contributed by atoms with Crippen LogP contribution in [0.5, 0.6) is 0 Å². The molecule has 0 aliphatic carbocycles. The van der Waals surface area contributed by atoms with E-state index in [-0.39, 0.29) is 18.7 Å². The Kier molecular flexibility index (Phi) is 4.97. The highest BCUT2D eigenvalue weighted by atomic mass is 16.4. The van der Waals surface area contributed by atoms with Crippen LogP contribution in [0, 0.1) is 0 Å². The highest BCUT2D eigenvalue weighted by Gasteiger charge is 2.03. The summed E-state index contributed by atoms with van der Waals surface area (Å²) in [6.45, 7) is 1.03. The molecule has 1 heterocycles. The Labute approximate surface area is 92.5 Å². The summed E-state index contributed by atoms with van der Waals surface area (Å²) in [7, 11) is 0. The van der Waals surface area contributed by atoms with Gasteiger partial charge < -0.3 is 10.4 Å². The molecule has 0 aliphatic rings. The zero-order chi connectivity index (χ0) is 11.8. The minimum Gasteiger partial charge on any atom is -0.481 e. The first kappa shape index (κ1) is 12.2. The van der Waals surface area contributed by atoms with Crippen molar-refractivity contribution in [1.82, 2.24) is 20.1 Å². The maximum absolute atomic E-state index is 11.2. The summed E-state index contributed by atoms with van der Waals surface area (Å²) < 4.78 is 1.61. The van der Waals surface area contributed by atoms with E-state index < -0.39 is 5.97 Å². The highest BCUT2D eigenvalue weighted by Crippen LogP contribution is 1.94. The summed E-state index contributed by atoms with van der Waals surface area (Å²) >= 11 is 0. The smallest absolute Gasteiger partial charge is 0.303 e. The standard InChI is InChI=1S/C9H14N4O3/c14-8(2-1-3-9(15)16)11-4-5-13-7-10-6-12-13/h6-7H,1-5H2,(H,11,14)(H,15,16). The molecule has 1 amide bonds. The molecule has 0 aromatic carbocycles. The number of nitrogens with one attached hydrogen (secondary N) is 1. The van der Waals surface area contributed by atoms with E-state index in [1.165, 1.54) is 6.33 Å². The second kappa shape index (κ2) is 6.54. The van der Waals surface area contributed by atoms with Crippen molar-refractivity contribution in [3.8, 4) is 0 Å². The van der Waals surface area contributed by atoms with Crippen LogP contribution in [-0.2, 0) is 16.1 Å². The summed E-state index contributed by atoms with van der Waals surface area (Å²) in [5.74, 6) is -1.02. The maximum Gasteiger partial charge on any atom is 0.303 e. The lowest BCUT2D eigenvalue weighted by Gasteiger charge is -2.04. The number of hydrogen-bond donors (Lipinski definition) is 2. The fourth-order valence-electron chi connectivity index (χ4n) is 1.15. The normalized spacial score (nSPS) is 10.0. The van der Waals surface area contributed by atoms with Crippen LogP contribution in [0.2, 0.25) is 0 Å². The van der Waals surface area contributed by atoms with Crippen LogP contribution in [-0.4, -0.2) is 38.3 Å². The van der Waals surface area contributed by atoms with Crippen LogP contribution < -0.4 is 5.32 Å². The zero-order valence-electron chi connectivity index (χ0n) is 8.80. The zero-order valence-corrected chi connectivity index (χ0v) is 8.80. The van der Waals surface area contributed by atoms with Gasteiger partial charge in [-0.05, 0) is 6.42 Å². The van der Waals surface area contributed by atoms with Crippen LogP contribution in [0.1, 0.15) is 19.3 Å². The number of carboxylic acid groups (broad SMARTS) is 1. The van der Waals surface area contributed by atoms with E-state index in [1.54, 1.807) is 11.0 Å². The topological polar surface area (TPSA) is 97.1 Å². The van der Waals surface area contributed by atoms with Crippen molar-refractivity contribution in [3.63, 3.8) is 0 Å². The molecule has 0 aliphatic heterocycles. The molecule has 0 bridgehead atoms. The molecule has 7 nitrogen and oxygen atoms in total. The fourth-order valence-corrected chi connectivity index (χ4v) is 1.15. The molecule has 0 atom stereocenters. The molecule has 0 spiro atoms. The molecule has 2 N–H and O–H groups in total. The quantitative estimate of drug-likeness (QED) is 0.662. The van der Waals surface area contributed by atoms with Gasteiger partial charge in [0, 0.05) is 19.4 Å². The van der Waals surface area contributed by atoms with E-state index in [0.717, 1.165) is 0 Å². The van der Waals surface area contributed by atoms with Gasteiger partial charge in [-0.1, -0.05) is 0 Å². The average Bonchev–Trinajstić information content (AvgIpc) is 2.70. The molecule has 1 rings (SSSR count). The van der Waals surface area contributed by atoms with Crippen molar-refractivity contribution >= 4 is 11.9 Å². The third-order valence-electron chi connectivity index (χ3n) is 1.92. The van der Waals surface area contributed by atoms with Gasteiger partial charge in [-0.3, -0.25) is 14.3 Å². The van der Waals surface area contributed by atoms with Gasteiger partial charge in [-0.2, -0.15) is 5.10 Å². The van der Waals surface area contributed by atoms with Crippen LogP contribution in [0.15, 0.2) is 12.7 Å². The lowest BCUT2D eigenvalue weighted by atomic mass is 10.2. The Morgan fingerprint density at radius 3 is 2.81 bits per heavy atom. The molecule has 0 saturated heterocycles. The Bertz CT molecular complexity index is 337. The second-order valence-corrected chi connectivity index (χ2v) is 3.26. The molecule has 16 heavy (non-hydrogen) atoms. The first-order valence-corrected chi connectivity index (χ1v) is 4.99. The minimum atomic E-state index is -0.879. The van der Waals surface area contributed by atoms with Crippen LogP contribution in [0.3, 0.4) is 0 Å². The SMILES string of the molecule is O=C(O)CCCC(=O)NCCn1cncn1. The molecule has 0 radical (unpaired) electrons. The Hall–Kier alpha value is -1.92. The first-order valence-electron chi connectivity index (χ1n) is 4.99. The molecule has 1 aromatic rings. The number of rotatable bonds is 7. The fraction of sp³-hybridized carbons (Fsp3) is 0.556. The summed E-state index contributed by atoms with van der Waals surface area (Å²) in [6, 6.07) is 0. The van der Waals surface area contributed by atoms with E-state index in [2.05, 4.69) is 15.4 Å². The lowest BCUT2D eigenvalue weighted by Crippen LogP contribution is -2.27. The summed E-state index contributed by atoms with van der Waals surface area (Å²) in [5, 5.41) is 14.9. The Morgan fingerprint density at radius 2 is 2.19 bits per heavy atom. The van der Waals surface area contributed by atoms with Crippen molar-refractivity contribution in [2.45, 2.75) is 25.8 Å². The molecule has 88 valence electrons. The van der Waals surface area contributed by atoms with E-state index in [4.69, 9.17) is 5.11 Å². The summed E-state index contributed by atoms with van der Waals surface area (Å²) in [5.41, 5.74) is 0. The first-order chi connectivity index (χ1) is 7.68. The van der Waals surface area contributed by atoms with Crippen molar-refractivity contribution in [3.05, 3.63) is 12.7 Å². The maximum atomic E-state index is 11.2. The third-order valence-corrected chi connectivity index (χ3v) is 1.92. The van der Waals surface area contributed by atoms with E-state index in [9.17, 15) is 9.59 Å². The highest BCUT2D eigenvalue weighted by molar-refractivity contribution is 5.76. The monoisotopic (exact) mass is 226 g/mol. The van der Waals surface area contributed by atoms with Gasteiger partial charge >= 0.3 is 5.97 Å². The number of carbonyl (C=O) groups excluding carboxylic acids is 1. The molecule has 0 saturated carbocycles. The van der Waals surface area contributed by atoms with Gasteiger partial charge in [-0.25, -0.2) is 4.98 Å². The molecular formula is C9H14N4O3.